The minimum Gasteiger partial charge on any atom is -0.342 e. The molecule has 0 unspecified atom stereocenters. The average molecular weight is 491 g/mol. The number of rotatable bonds is 5. The fraction of sp³-hybridized carbons (Fsp3) is 0.111. The fourth-order valence-electron chi connectivity index (χ4n) is 4.03. The summed E-state index contributed by atoms with van der Waals surface area (Å²) in [6, 6.07) is 20.6. The molecule has 0 aliphatic carbocycles. The Kier molecular flexibility index (Phi) is 6.02. The number of amides is 2. The highest BCUT2D eigenvalue weighted by molar-refractivity contribution is 8.18. The summed E-state index contributed by atoms with van der Waals surface area (Å²) in [6.45, 7) is 2.53. The highest BCUT2D eigenvalue weighted by atomic mass is 35.5. The molecule has 2 heterocycles. The van der Waals surface area contributed by atoms with E-state index in [4.69, 9.17) is 11.6 Å². The Labute approximate surface area is 205 Å². The number of carbonyl (C=O) groups excluding carboxylic acids is 2. The Morgan fingerprint density at radius 3 is 2.50 bits per heavy atom. The van der Waals surface area contributed by atoms with E-state index in [1.54, 1.807) is 6.08 Å². The maximum absolute atomic E-state index is 14.2. The van der Waals surface area contributed by atoms with Crippen LogP contribution >= 0.6 is 23.4 Å². The van der Waals surface area contributed by atoms with Gasteiger partial charge in [-0.1, -0.05) is 65.7 Å². The van der Waals surface area contributed by atoms with Gasteiger partial charge in [-0.15, -0.1) is 0 Å². The molecule has 170 valence electrons. The van der Waals surface area contributed by atoms with E-state index in [1.807, 2.05) is 30.5 Å². The first-order valence-corrected chi connectivity index (χ1v) is 11.9. The van der Waals surface area contributed by atoms with Gasteiger partial charge in [-0.2, -0.15) is 0 Å². The van der Waals surface area contributed by atoms with E-state index >= 15 is 0 Å². The van der Waals surface area contributed by atoms with E-state index in [0.717, 1.165) is 33.1 Å². The summed E-state index contributed by atoms with van der Waals surface area (Å²) in [4.78, 5) is 27.0. The third kappa shape index (κ3) is 4.27. The molecule has 0 N–H and O–H groups in total. The average Bonchev–Trinajstić information content (AvgIpc) is 3.29. The van der Waals surface area contributed by atoms with Gasteiger partial charge in [0.1, 0.15) is 5.82 Å². The maximum atomic E-state index is 14.2. The van der Waals surface area contributed by atoms with Gasteiger partial charge in [0.05, 0.1) is 11.4 Å². The van der Waals surface area contributed by atoms with Crippen molar-refractivity contribution in [3.05, 3.63) is 111 Å². The summed E-state index contributed by atoms with van der Waals surface area (Å²) in [6.07, 6.45) is 3.73. The fourth-order valence-corrected chi connectivity index (χ4v) is 5.08. The number of aromatic nitrogens is 1. The molecule has 4 aromatic rings. The zero-order valence-electron chi connectivity index (χ0n) is 18.3. The molecule has 4 nitrogen and oxygen atoms in total. The van der Waals surface area contributed by atoms with Gasteiger partial charge >= 0.3 is 0 Å². The number of aryl methyl sites for hydroxylation is 1. The van der Waals surface area contributed by atoms with Crippen molar-refractivity contribution in [1.82, 2.24) is 9.47 Å². The van der Waals surface area contributed by atoms with Gasteiger partial charge in [-0.3, -0.25) is 14.5 Å². The number of para-hydroxylation sites is 1. The number of benzene rings is 3. The highest BCUT2D eigenvalue weighted by Gasteiger charge is 2.36. The van der Waals surface area contributed by atoms with Crippen LogP contribution in [0.1, 0.15) is 22.3 Å². The van der Waals surface area contributed by atoms with Crippen LogP contribution in [-0.4, -0.2) is 20.6 Å². The molecule has 1 saturated heterocycles. The zero-order chi connectivity index (χ0) is 23.8. The second-order valence-corrected chi connectivity index (χ2v) is 9.58. The summed E-state index contributed by atoms with van der Waals surface area (Å²) in [5.74, 6) is -1.00. The van der Waals surface area contributed by atoms with Crippen molar-refractivity contribution in [2.45, 2.75) is 20.0 Å². The van der Waals surface area contributed by atoms with Crippen LogP contribution in [0.4, 0.5) is 9.18 Å². The van der Waals surface area contributed by atoms with Gasteiger partial charge in [-0.25, -0.2) is 4.39 Å². The third-order valence-corrected chi connectivity index (χ3v) is 7.09. The van der Waals surface area contributed by atoms with E-state index in [9.17, 15) is 14.0 Å². The maximum Gasteiger partial charge on any atom is 0.293 e. The van der Waals surface area contributed by atoms with Crippen molar-refractivity contribution in [2.24, 2.45) is 0 Å². The number of halogens is 2. The zero-order valence-corrected chi connectivity index (χ0v) is 19.9. The molecule has 0 atom stereocenters. The van der Waals surface area contributed by atoms with E-state index in [1.165, 1.54) is 29.3 Å². The van der Waals surface area contributed by atoms with Crippen LogP contribution in [0.15, 0.2) is 77.8 Å². The molecule has 34 heavy (non-hydrogen) atoms. The number of imide groups is 1. The van der Waals surface area contributed by atoms with Crippen molar-refractivity contribution >= 4 is 51.5 Å². The number of nitrogens with zero attached hydrogens (tertiary/aromatic N) is 2. The smallest absolute Gasteiger partial charge is 0.293 e. The molecule has 5 rings (SSSR count). The number of fused-ring (bicyclic) bond motifs is 1. The van der Waals surface area contributed by atoms with Crippen LogP contribution in [0.3, 0.4) is 0 Å². The quantitative estimate of drug-likeness (QED) is 0.282. The van der Waals surface area contributed by atoms with Crippen LogP contribution < -0.4 is 0 Å². The van der Waals surface area contributed by atoms with E-state index in [2.05, 4.69) is 35.8 Å². The van der Waals surface area contributed by atoms with Crippen molar-refractivity contribution < 1.29 is 14.0 Å². The molecular weight excluding hydrogens is 471 g/mol. The third-order valence-electron chi connectivity index (χ3n) is 5.83. The molecule has 0 spiro atoms. The summed E-state index contributed by atoms with van der Waals surface area (Å²) in [5, 5.41) is 0.722. The van der Waals surface area contributed by atoms with E-state index in [0.29, 0.717) is 11.4 Å². The Morgan fingerprint density at radius 2 is 1.74 bits per heavy atom. The predicted molar refractivity (Wildman–Crippen MR) is 135 cm³/mol. The Hall–Kier alpha value is -3.35. The first kappa shape index (κ1) is 22.4. The molecule has 1 aliphatic rings. The van der Waals surface area contributed by atoms with E-state index in [-0.39, 0.29) is 17.1 Å². The molecule has 0 radical (unpaired) electrons. The Bertz CT molecular complexity index is 1440. The van der Waals surface area contributed by atoms with Gasteiger partial charge in [0, 0.05) is 39.8 Å². The lowest BCUT2D eigenvalue weighted by Crippen LogP contribution is -2.28. The second kappa shape index (κ2) is 9.12. The molecule has 1 aliphatic heterocycles. The van der Waals surface area contributed by atoms with Gasteiger partial charge in [0.25, 0.3) is 11.1 Å². The lowest BCUT2D eigenvalue weighted by Gasteiger charge is -2.14. The minimum absolute atomic E-state index is 0.127. The van der Waals surface area contributed by atoms with Crippen LogP contribution in [0.2, 0.25) is 5.02 Å². The monoisotopic (exact) mass is 490 g/mol. The van der Waals surface area contributed by atoms with Crippen molar-refractivity contribution in [1.29, 1.82) is 0 Å². The van der Waals surface area contributed by atoms with E-state index < -0.39 is 17.0 Å². The lowest BCUT2D eigenvalue weighted by molar-refractivity contribution is -0.123. The van der Waals surface area contributed by atoms with Crippen LogP contribution in [-0.2, 0) is 17.9 Å². The van der Waals surface area contributed by atoms with Crippen LogP contribution in [0.5, 0.6) is 0 Å². The summed E-state index contributed by atoms with van der Waals surface area (Å²) >= 11 is 6.95. The lowest BCUT2D eigenvalue weighted by atomic mass is 10.1. The topological polar surface area (TPSA) is 42.3 Å². The van der Waals surface area contributed by atoms with Crippen molar-refractivity contribution in [3.8, 4) is 0 Å². The SMILES string of the molecule is Cc1ccc(Cn2cc(/C=C3\SC(=O)N(Cc4c(F)cccc4Cl)C3=O)c3ccccc32)cc1. The summed E-state index contributed by atoms with van der Waals surface area (Å²) < 4.78 is 16.4. The first-order chi connectivity index (χ1) is 16.4. The van der Waals surface area contributed by atoms with Crippen molar-refractivity contribution in [2.75, 3.05) is 0 Å². The molecule has 0 saturated carbocycles. The first-order valence-electron chi connectivity index (χ1n) is 10.7. The number of hydrogen-bond acceptors (Lipinski definition) is 3. The molecule has 2 amide bonds. The van der Waals surface area contributed by atoms with Crippen molar-refractivity contribution in [3.63, 3.8) is 0 Å². The Morgan fingerprint density at radius 1 is 0.971 bits per heavy atom. The van der Waals surface area contributed by atoms with Crippen LogP contribution in [0, 0.1) is 12.7 Å². The summed E-state index contributed by atoms with van der Waals surface area (Å²) in [5.41, 5.74) is 4.38. The molecule has 1 fully saturated rings. The largest absolute Gasteiger partial charge is 0.342 e. The molecule has 7 heteroatoms. The standard InChI is InChI=1S/C27H20ClFN2O2S/c1-17-9-11-18(12-10-17)14-30-15-19(20-5-2-3-8-24(20)30)13-25-26(32)31(27(33)34-25)16-21-22(28)6-4-7-23(21)29/h2-13,15H,14,16H2,1H3/b25-13-. The normalized spacial score (nSPS) is 15.1. The molecular formula is C27H20ClFN2O2S. The second-order valence-electron chi connectivity index (χ2n) is 8.18. The van der Waals surface area contributed by atoms with Gasteiger partial charge in [0.2, 0.25) is 0 Å². The van der Waals surface area contributed by atoms with Gasteiger partial charge in [0.15, 0.2) is 0 Å². The number of carbonyl (C=O) groups is 2. The molecule has 3 aromatic carbocycles. The van der Waals surface area contributed by atoms with Crippen LogP contribution in [0.25, 0.3) is 17.0 Å². The van der Waals surface area contributed by atoms with Gasteiger partial charge < -0.3 is 4.57 Å². The summed E-state index contributed by atoms with van der Waals surface area (Å²) in [7, 11) is 0. The number of hydrogen-bond donors (Lipinski definition) is 0. The van der Waals surface area contributed by atoms with Gasteiger partial charge in [-0.05, 0) is 48.5 Å². The minimum atomic E-state index is -0.547. The highest BCUT2D eigenvalue weighted by Crippen LogP contribution is 2.36. The molecule has 0 bridgehead atoms. The number of thioether (sulfide) groups is 1. The molecule has 1 aromatic heterocycles. The Balaban J connectivity index is 1.47. The predicted octanol–water partition coefficient (Wildman–Crippen LogP) is 7.03.